The molecule has 1 aromatic rings. The van der Waals surface area contributed by atoms with Gasteiger partial charge in [-0.25, -0.2) is 8.42 Å². The predicted molar refractivity (Wildman–Crippen MR) is 80.4 cm³/mol. The van der Waals surface area contributed by atoms with E-state index < -0.39 is 9.84 Å². The number of hydrogen-bond acceptors (Lipinski definition) is 3. The molecule has 4 heteroatoms. The molecule has 1 aliphatic carbocycles. The van der Waals surface area contributed by atoms with Gasteiger partial charge in [0.05, 0.1) is 10.6 Å². The molecule has 0 aromatic heterocycles. The molecular weight excluding hydrogens is 270 g/mol. The van der Waals surface area contributed by atoms with E-state index in [1.54, 1.807) is 6.07 Å². The average Bonchev–Trinajstić information content (AvgIpc) is 2.61. The molecule has 1 fully saturated rings. The Bertz CT molecular complexity index is 607. The number of sulfone groups is 1. The van der Waals surface area contributed by atoms with E-state index in [0.717, 1.165) is 18.4 Å². The lowest BCUT2D eigenvalue weighted by atomic mass is 9.75. The summed E-state index contributed by atoms with van der Waals surface area (Å²) in [5.41, 5.74) is 1.32. The van der Waals surface area contributed by atoms with Crippen molar-refractivity contribution in [2.45, 2.75) is 56.5 Å². The van der Waals surface area contributed by atoms with Crippen molar-refractivity contribution in [2.75, 3.05) is 5.75 Å². The van der Waals surface area contributed by atoms with Crippen molar-refractivity contribution in [3.8, 4) is 0 Å². The first-order valence-corrected chi connectivity index (χ1v) is 9.10. The summed E-state index contributed by atoms with van der Waals surface area (Å²) in [4.78, 5) is 0.521. The van der Waals surface area contributed by atoms with E-state index in [4.69, 9.17) is 0 Å². The van der Waals surface area contributed by atoms with E-state index in [9.17, 15) is 8.42 Å². The summed E-state index contributed by atoms with van der Waals surface area (Å²) in [5, 5.41) is 3.61. The molecule has 110 valence electrons. The molecule has 1 heterocycles. The molecule has 20 heavy (non-hydrogen) atoms. The minimum Gasteiger partial charge on any atom is -0.306 e. The number of rotatable bonds is 2. The summed E-state index contributed by atoms with van der Waals surface area (Å²) < 4.78 is 24.4. The maximum atomic E-state index is 12.2. The molecule has 1 aliphatic heterocycles. The first-order chi connectivity index (χ1) is 9.37. The second-order valence-electron chi connectivity index (χ2n) is 7.00. The highest BCUT2D eigenvalue weighted by atomic mass is 32.2. The molecule has 3 rings (SSSR count). The van der Waals surface area contributed by atoms with Gasteiger partial charge in [-0.1, -0.05) is 38.5 Å². The lowest BCUT2D eigenvalue weighted by Crippen LogP contribution is -2.39. The first-order valence-electron chi connectivity index (χ1n) is 7.45. The molecule has 0 saturated heterocycles. The van der Waals surface area contributed by atoms with Crippen LogP contribution in [-0.2, 0) is 9.84 Å². The summed E-state index contributed by atoms with van der Waals surface area (Å²) in [6.45, 7) is 4.61. The molecule has 3 nitrogen and oxygen atoms in total. The Balaban J connectivity index is 1.80. The molecule has 2 unspecified atom stereocenters. The van der Waals surface area contributed by atoms with E-state index in [1.165, 1.54) is 12.8 Å². The average molecular weight is 293 g/mol. The van der Waals surface area contributed by atoms with Crippen LogP contribution in [-0.4, -0.2) is 20.2 Å². The summed E-state index contributed by atoms with van der Waals surface area (Å²) in [6, 6.07) is 7.82. The number of benzene rings is 1. The van der Waals surface area contributed by atoms with E-state index in [2.05, 4.69) is 19.2 Å². The van der Waals surface area contributed by atoms with Gasteiger partial charge in [-0.2, -0.15) is 0 Å². The van der Waals surface area contributed by atoms with Crippen LogP contribution in [0.25, 0.3) is 0 Å². The first kappa shape index (κ1) is 14.1. The fraction of sp³-hybridized carbons (Fsp3) is 0.625. The predicted octanol–water partition coefficient (Wildman–Crippen LogP) is 3.07. The Labute approximate surface area is 121 Å². The Morgan fingerprint density at radius 3 is 2.75 bits per heavy atom. The van der Waals surface area contributed by atoms with Crippen LogP contribution in [0.15, 0.2) is 29.2 Å². The maximum absolute atomic E-state index is 12.2. The molecule has 1 saturated carbocycles. The van der Waals surface area contributed by atoms with Crippen LogP contribution in [0.2, 0.25) is 0 Å². The second kappa shape index (κ2) is 4.85. The second-order valence-corrected chi connectivity index (χ2v) is 9.00. The van der Waals surface area contributed by atoms with Crippen LogP contribution in [0.5, 0.6) is 0 Å². The zero-order chi connectivity index (χ0) is 14.4. The van der Waals surface area contributed by atoms with Gasteiger partial charge in [0, 0.05) is 12.1 Å². The van der Waals surface area contributed by atoms with Gasteiger partial charge in [-0.15, -0.1) is 0 Å². The summed E-state index contributed by atoms with van der Waals surface area (Å²) in [5.74, 6) is 0.212. The molecule has 0 amide bonds. The van der Waals surface area contributed by atoms with Crippen molar-refractivity contribution >= 4 is 9.84 Å². The third-order valence-corrected chi connectivity index (χ3v) is 6.47. The molecule has 0 spiro atoms. The molecule has 0 bridgehead atoms. The molecule has 1 aromatic carbocycles. The Morgan fingerprint density at radius 1 is 1.25 bits per heavy atom. The summed E-state index contributed by atoms with van der Waals surface area (Å²) >= 11 is 0. The zero-order valence-corrected chi connectivity index (χ0v) is 13.0. The number of hydrogen-bond donors (Lipinski definition) is 1. The van der Waals surface area contributed by atoms with Crippen molar-refractivity contribution in [2.24, 2.45) is 5.41 Å². The van der Waals surface area contributed by atoms with E-state index in [0.29, 0.717) is 16.4 Å². The van der Waals surface area contributed by atoms with Crippen molar-refractivity contribution in [3.05, 3.63) is 29.8 Å². The monoisotopic (exact) mass is 293 g/mol. The molecule has 2 atom stereocenters. The van der Waals surface area contributed by atoms with Gasteiger partial charge in [0.2, 0.25) is 0 Å². The van der Waals surface area contributed by atoms with E-state index in [1.807, 2.05) is 18.2 Å². The fourth-order valence-electron chi connectivity index (χ4n) is 3.71. The van der Waals surface area contributed by atoms with Gasteiger partial charge in [-0.3, -0.25) is 0 Å². The summed E-state index contributed by atoms with van der Waals surface area (Å²) in [7, 11) is -3.10. The molecule has 0 radical (unpaired) electrons. The van der Waals surface area contributed by atoms with E-state index in [-0.39, 0.29) is 11.8 Å². The van der Waals surface area contributed by atoms with Gasteiger partial charge in [-0.05, 0) is 36.3 Å². The number of fused-ring (bicyclic) bond motifs is 1. The van der Waals surface area contributed by atoms with Crippen molar-refractivity contribution in [3.63, 3.8) is 0 Å². The van der Waals surface area contributed by atoms with Crippen LogP contribution in [0, 0.1) is 5.41 Å². The third-order valence-electron chi connectivity index (χ3n) is 4.66. The topological polar surface area (TPSA) is 46.2 Å². The standard InChI is InChI=1S/C16H23NO2S/c1-16(2)9-5-6-12(10-16)17-14-11-20(18,19)15-8-4-3-7-13(14)15/h3-4,7-8,12,14,17H,5-6,9-11H2,1-2H3. The minimum absolute atomic E-state index is 0.0323. The minimum atomic E-state index is -3.10. The van der Waals surface area contributed by atoms with Gasteiger partial charge in [0.25, 0.3) is 0 Å². The van der Waals surface area contributed by atoms with Crippen LogP contribution < -0.4 is 5.32 Å². The molecular formula is C16H23NO2S. The Morgan fingerprint density at radius 2 is 2.00 bits per heavy atom. The molecule has 1 N–H and O–H groups in total. The fourth-order valence-corrected chi connectivity index (χ4v) is 5.46. The maximum Gasteiger partial charge on any atom is 0.180 e. The van der Waals surface area contributed by atoms with Crippen LogP contribution in [0.3, 0.4) is 0 Å². The van der Waals surface area contributed by atoms with Crippen molar-refractivity contribution in [1.29, 1.82) is 0 Å². The normalized spacial score (nSPS) is 30.9. The lowest BCUT2D eigenvalue weighted by molar-refractivity contribution is 0.191. The smallest absolute Gasteiger partial charge is 0.180 e. The highest BCUT2D eigenvalue weighted by Crippen LogP contribution is 2.38. The van der Waals surface area contributed by atoms with Crippen LogP contribution >= 0.6 is 0 Å². The van der Waals surface area contributed by atoms with Crippen molar-refractivity contribution < 1.29 is 8.42 Å². The lowest BCUT2D eigenvalue weighted by Gasteiger charge is -2.37. The zero-order valence-electron chi connectivity index (χ0n) is 12.2. The largest absolute Gasteiger partial charge is 0.306 e. The number of nitrogens with one attached hydrogen (secondary N) is 1. The summed E-state index contributed by atoms with van der Waals surface area (Å²) in [6.07, 6.45) is 4.78. The van der Waals surface area contributed by atoms with Crippen molar-refractivity contribution in [1.82, 2.24) is 5.32 Å². The van der Waals surface area contributed by atoms with Gasteiger partial charge in [0.1, 0.15) is 0 Å². The van der Waals surface area contributed by atoms with Crippen LogP contribution in [0.4, 0.5) is 0 Å². The van der Waals surface area contributed by atoms with Gasteiger partial charge < -0.3 is 5.32 Å². The highest BCUT2D eigenvalue weighted by molar-refractivity contribution is 7.91. The van der Waals surface area contributed by atoms with Crippen LogP contribution in [0.1, 0.15) is 51.1 Å². The third kappa shape index (κ3) is 2.63. The highest BCUT2D eigenvalue weighted by Gasteiger charge is 2.37. The SMILES string of the molecule is CC1(C)CCCC(NC2CS(=O)(=O)c3ccccc32)C1. The Hall–Kier alpha value is -0.870. The van der Waals surface area contributed by atoms with Gasteiger partial charge >= 0.3 is 0 Å². The van der Waals surface area contributed by atoms with Gasteiger partial charge in [0.15, 0.2) is 9.84 Å². The van der Waals surface area contributed by atoms with E-state index >= 15 is 0 Å². The Kier molecular flexibility index (Phi) is 3.41. The quantitative estimate of drug-likeness (QED) is 0.911. The molecule has 2 aliphatic rings.